The molecule has 0 spiro atoms. The van der Waals surface area contributed by atoms with Gasteiger partial charge < -0.3 is 25.4 Å². The molecule has 6 heteroatoms. The minimum absolute atomic E-state index is 0.143. The second kappa shape index (κ2) is 7.28. The van der Waals surface area contributed by atoms with Crippen LogP contribution in [0.2, 0.25) is 0 Å². The van der Waals surface area contributed by atoms with Gasteiger partial charge in [-0.05, 0) is 44.9 Å². The van der Waals surface area contributed by atoms with Crippen molar-refractivity contribution >= 4 is 5.97 Å². The van der Waals surface area contributed by atoms with Crippen molar-refractivity contribution < 1.29 is 24.5 Å². The van der Waals surface area contributed by atoms with Crippen LogP contribution >= 0.6 is 0 Å². The number of nitrogens with two attached hydrogens (primary N) is 1. The lowest BCUT2D eigenvalue weighted by atomic mass is 10.1. The molecule has 0 aliphatic heterocycles. The molecule has 0 aromatic heterocycles. The van der Waals surface area contributed by atoms with Crippen LogP contribution in [0.1, 0.15) is 26.3 Å². The van der Waals surface area contributed by atoms with E-state index in [9.17, 15) is 15.0 Å². The van der Waals surface area contributed by atoms with Crippen molar-refractivity contribution in [2.75, 3.05) is 13.2 Å². The van der Waals surface area contributed by atoms with Crippen LogP contribution in [0.15, 0.2) is 18.2 Å². The molecule has 0 saturated carbocycles. The molecule has 0 saturated heterocycles. The number of carbonyl (C=O) groups excluding carboxylic acids is 1. The lowest BCUT2D eigenvalue weighted by molar-refractivity contribution is -0.148. The Labute approximate surface area is 124 Å². The summed E-state index contributed by atoms with van der Waals surface area (Å²) >= 11 is 0. The first kappa shape index (κ1) is 17.3. The molecule has 0 aliphatic rings. The molecule has 6 nitrogen and oxygen atoms in total. The molecule has 0 radical (unpaired) electrons. The van der Waals surface area contributed by atoms with E-state index in [0.717, 1.165) is 0 Å². The zero-order chi connectivity index (χ0) is 16.0. The van der Waals surface area contributed by atoms with Crippen LogP contribution < -0.4 is 5.73 Å². The zero-order valence-electron chi connectivity index (χ0n) is 12.6. The van der Waals surface area contributed by atoms with E-state index in [4.69, 9.17) is 15.2 Å². The summed E-state index contributed by atoms with van der Waals surface area (Å²) in [4.78, 5) is 11.7. The Morgan fingerprint density at radius 1 is 1.24 bits per heavy atom. The molecule has 0 heterocycles. The average molecular weight is 297 g/mol. The van der Waals surface area contributed by atoms with Gasteiger partial charge in [0.1, 0.15) is 12.6 Å². The van der Waals surface area contributed by atoms with E-state index in [-0.39, 0.29) is 30.1 Å². The van der Waals surface area contributed by atoms with Crippen LogP contribution in [0, 0.1) is 0 Å². The third-order valence-electron chi connectivity index (χ3n) is 2.66. The summed E-state index contributed by atoms with van der Waals surface area (Å²) in [5.74, 6) is -0.985. The van der Waals surface area contributed by atoms with Crippen LogP contribution in [0.3, 0.4) is 0 Å². The van der Waals surface area contributed by atoms with Crippen molar-refractivity contribution in [2.24, 2.45) is 5.73 Å². The Morgan fingerprint density at radius 3 is 2.48 bits per heavy atom. The van der Waals surface area contributed by atoms with Gasteiger partial charge in [0.2, 0.25) is 0 Å². The minimum Gasteiger partial charge on any atom is -0.504 e. The smallest absolute Gasteiger partial charge is 0.323 e. The predicted molar refractivity (Wildman–Crippen MR) is 78.1 cm³/mol. The van der Waals surface area contributed by atoms with Gasteiger partial charge in [-0.3, -0.25) is 4.79 Å². The Kier molecular flexibility index (Phi) is 5.99. The predicted octanol–water partition coefficient (Wildman–Crippen LogP) is 1.33. The molecule has 4 N–H and O–H groups in total. The molecule has 0 bridgehead atoms. The highest BCUT2D eigenvalue weighted by molar-refractivity contribution is 5.75. The fourth-order valence-corrected chi connectivity index (χ4v) is 1.63. The van der Waals surface area contributed by atoms with Gasteiger partial charge in [-0.25, -0.2) is 0 Å². The molecule has 118 valence electrons. The topological polar surface area (TPSA) is 102 Å². The van der Waals surface area contributed by atoms with Gasteiger partial charge in [-0.1, -0.05) is 6.07 Å². The fraction of sp³-hybridized carbons (Fsp3) is 0.533. The second-order valence-corrected chi connectivity index (χ2v) is 5.76. The summed E-state index contributed by atoms with van der Waals surface area (Å²) in [6.07, 6.45) is 0.215. The maximum Gasteiger partial charge on any atom is 0.323 e. The summed E-state index contributed by atoms with van der Waals surface area (Å²) in [5, 5.41) is 18.6. The van der Waals surface area contributed by atoms with E-state index in [2.05, 4.69) is 0 Å². The third-order valence-corrected chi connectivity index (χ3v) is 2.66. The molecule has 0 aliphatic carbocycles. The third kappa shape index (κ3) is 6.46. The summed E-state index contributed by atoms with van der Waals surface area (Å²) in [5.41, 5.74) is 6.11. The van der Waals surface area contributed by atoms with Crippen LogP contribution in [-0.4, -0.2) is 41.0 Å². The Bertz CT molecular complexity index is 481. The van der Waals surface area contributed by atoms with E-state index in [0.29, 0.717) is 12.2 Å². The quantitative estimate of drug-likeness (QED) is 0.416. The number of hydrogen-bond acceptors (Lipinski definition) is 6. The summed E-state index contributed by atoms with van der Waals surface area (Å²) in [6, 6.07) is 3.47. The van der Waals surface area contributed by atoms with Gasteiger partial charge in [0.05, 0.1) is 12.2 Å². The zero-order valence-corrected chi connectivity index (χ0v) is 12.6. The molecule has 0 unspecified atom stereocenters. The van der Waals surface area contributed by atoms with Gasteiger partial charge in [-0.15, -0.1) is 0 Å². The van der Waals surface area contributed by atoms with E-state index < -0.39 is 12.0 Å². The van der Waals surface area contributed by atoms with Crippen LogP contribution in [-0.2, 0) is 20.7 Å². The number of hydrogen-bond donors (Lipinski definition) is 3. The number of carbonyl (C=O) groups is 1. The van der Waals surface area contributed by atoms with Gasteiger partial charge in [0.25, 0.3) is 0 Å². The standard InChI is InChI=1S/C15H23NO5/c1-15(2,3)21-7-6-20-14(19)11(16)8-10-4-5-12(17)13(18)9-10/h4-5,9,11,17-18H,6-8,16H2,1-3H3/t11-/m0/s1. The van der Waals surface area contributed by atoms with Gasteiger partial charge in [-0.2, -0.15) is 0 Å². The monoisotopic (exact) mass is 297 g/mol. The molecular weight excluding hydrogens is 274 g/mol. The van der Waals surface area contributed by atoms with Crippen molar-refractivity contribution in [3.8, 4) is 11.5 Å². The summed E-state index contributed by atoms with van der Waals surface area (Å²) in [7, 11) is 0. The number of benzene rings is 1. The average Bonchev–Trinajstić information content (AvgIpc) is 2.37. The van der Waals surface area contributed by atoms with E-state index in [1.807, 2.05) is 20.8 Å². The molecule has 0 fully saturated rings. The number of ether oxygens (including phenoxy) is 2. The first-order chi connectivity index (χ1) is 9.69. The second-order valence-electron chi connectivity index (χ2n) is 5.76. The van der Waals surface area contributed by atoms with Gasteiger partial charge in [0.15, 0.2) is 11.5 Å². The number of phenolic OH excluding ortho intramolecular Hbond substituents is 2. The molecule has 1 aromatic carbocycles. The van der Waals surface area contributed by atoms with E-state index in [1.54, 1.807) is 6.07 Å². The van der Waals surface area contributed by atoms with Crippen LogP contribution in [0.25, 0.3) is 0 Å². The van der Waals surface area contributed by atoms with E-state index >= 15 is 0 Å². The number of rotatable bonds is 6. The molecule has 21 heavy (non-hydrogen) atoms. The maximum absolute atomic E-state index is 11.7. The van der Waals surface area contributed by atoms with Gasteiger partial charge >= 0.3 is 5.97 Å². The Hall–Kier alpha value is -1.79. The molecule has 1 atom stereocenters. The highest BCUT2D eigenvalue weighted by atomic mass is 16.6. The maximum atomic E-state index is 11.7. The lowest BCUT2D eigenvalue weighted by Gasteiger charge is -2.19. The molecule has 0 amide bonds. The number of aromatic hydroxyl groups is 2. The molecule has 1 aromatic rings. The Morgan fingerprint density at radius 2 is 1.90 bits per heavy atom. The van der Waals surface area contributed by atoms with Gasteiger partial charge in [0, 0.05) is 0 Å². The highest BCUT2D eigenvalue weighted by Crippen LogP contribution is 2.25. The Balaban J connectivity index is 2.39. The molecule has 1 rings (SSSR count). The largest absolute Gasteiger partial charge is 0.504 e. The van der Waals surface area contributed by atoms with Crippen molar-refractivity contribution in [1.29, 1.82) is 0 Å². The van der Waals surface area contributed by atoms with E-state index in [1.165, 1.54) is 12.1 Å². The summed E-state index contributed by atoms with van der Waals surface area (Å²) in [6.45, 7) is 6.19. The first-order valence-electron chi connectivity index (χ1n) is 6.76. The van der Waals surface area contributed by atoms with Crippen molar-refractivity contribution in [3.63, 3.8) is 0 Å². The van der Waals surface area contributed by atoms with Crippen LogP contribution in [0.4, 0.5) is 0 Å². The lowest BCUT2D eigenvalue weighted by Crippen LogP contribution is -2.35. The molecular formula is C15H23NO5. The van der Waals surface area contributed by atoms with Crippen LogP contribution in [0.5, 0.6) is 11.5 Å². The van der Waals surface area contributed by atoms with Crippen molar-refractivity contribution in [1.82, 2.24) is 0 Å². The highest BCUT2D eigenvalue weighted by Gasteiger charge is 2.17. The number of phenols is 2. The first-order valence-corrected chi connectivity index (χ1v) is 6.76. The van der Waals surface area contributed by atoms with Crippen molar-refractivity contribution in [3.05, 3.63) is 23.8 Å². The fourth-order valence-electron chi connectivity index (χ4n) is 1.63. The summed E-state index contributed by atoms with van der Waals surface area (Å²) < 4.78 is 10.5. The minimum atomic E-state index is -0.830. The normalized spacial score (nSPS) is 13.0. The SMILES string of the molecule is CC(C)(C)OCCOC(=O)[C@@H](N)Cc1ccc(O)c(O)c1. The number of esters is 1. The van der Waals surface area contributed by atoms with Crippen molar-refractivity contribution in [2.45, 2.75) is 38.8 Å².